The predicted octanol–water partition coefficient (Wildman–Crippen LogP) is 5.17. The molecule has 0 aliphatic heterocycles. The highest BCUT2D eigenvalue weighted by Crippen LogP contribution is 2.19. The normalized spacial score (nSPS) is 11.3. The van der Waals surface area contributed by atoms with Crippen molar-refractivity contribution < 1.29 is 23.5 Å². The average molecular weight is 527 g/mol. The maximum absolute atomic E-state index is 13.7. The molecule has 0 radical (unpaired) electrons. The standard InChI is InChI=1S/C32H31FN2O4/c1-38-30-15-9-8-12-26(30)21-34-32(37)29(20-24-10-4-2-5-11-24)35(22-25-16-18-27(33)19-17-25)31(36)23-39-28-13-6-3-7-14-28/h2-19,29H,20-23H2,1H3,(H,34,37)/t29-/m1/s1. The SMILES string of the molecule is COc1ccccc1CNC(=O)[C@@H](Cc1ccccc1)N(Cc1ccc(F)cc1)C(=O)COc1ccccc1. The quantitative estimate of drug-likeness (QED) is 0.277. The molecule has 0 bridgehead atoms. The smallest absolute Gasteiger partial charge is 0.261 e. The molecule has 0 aliphatic rings. The van der Waals surface area contributed by atoms with Crippen molar-refractivity contribution in [3.05, 3.63) is 132 Å². The second-order valence-electron chi connectivity index (χ2n) is 8.99. The van der Waals surface area contributed by atoms with Crippen LogP contribution in [0.3, 0.4) is 0 Å². The van der Waals surface area contributed by atoms with Crippen molar-refractivity contribution in [1.29, 1.82) is 0 Å². The van der Waals surface area contributed by atoms with Crippen molar-refractivity contribution in [3.8, 4) is 11.5 Å². The number of carbonyl (C=O) groups excluding carboxylic acids is 2. The molecular formula is C32H31FN2O4. The second-order valence-corrected chi connectivity index (χ2v) is 8.99. The first-order chi connectivity index (χ1) is 19.0. The molecule has 7 heteroatoms. The Hall–Kier alpha value is -4.65. The lowest BCUT2D eigenvalue weighted by Gasteiger charge is -2.31. The van der Waals surface area contributed by atoms with Crippen LogP contribution in [0, 0.1) is 5.82 Å². The van der Waals surface area contributed by atoms with Crippen molar-refractivity contribution in [3.63, 3.8) is 0 Å². The molecule has 39 heavy (non-hydrogen) atoms. The van der Waals surface area contributed by atoms with E-state index in [4.69, 9.17) is 9.47 Å². The summed E-state index contributed by atoms with van der Waals surface area (Å²) in [6.45, 7) is 0.0837. The lowest BCUT2D eigenvalue weighted by molar-refractivity contribution is -0.142. The third-order valence-corrected chi connectivity index (χ3v) is 6.29. The minimum Gasteiger partial charge on any atom is -0.496 e. The summed E-state index contributed by atoms with van der Waals surface area (Å²) in [6, 6.07) is 31.0. The number of hydrogen-bond acceptors (Lipinski definition) is 4. The third-order valence-electron chi connectivity index (χ3n) is 6.29. The van der Waals surface area contributed by atoms with Gasteiger partial charge < -0.3 is 19.7 Å². The lowest BCUT2D eigenvalue weighted by atomic mass is 10.0. The highest BCUT2D eigenvalue weighted by Gasteiger charge is 2.31. The van der Waals surface area contributed by atoms with Gasteiger partial charge in [-0.3, -0.25) is 9.59 Å². The van der Waals surface area contributed by atoms with Crippen LogP contribution in [-0.4, -0.2) is 36.5 Å². The molecule has 0 aromatic heterocycles. The first kappa shape index (κ1) is 27.4. The number of ether oxygens (including phenoxy) is 2. The van der Waals surface area contributed by atoms with Crippen molar-refractivity contribution in [2.45, 2.75) is 25.6 Å². The lowest BCUT2D eigenvalue weighted by Crippen LogP contribution is -2.51. The highest BCUT2D eigenvalue weighted by atomic mass is 19.1. The molecule has 4 aromatic carbocycles. The van der Waals surface area contributed by atoms with Crippen LogP contribution in [0.1, 0.15) is 16.7 Å². The van der Waals surface area contributed by atoms with Crippen molar-refractivity contribution in [2.75, 3.05) is 13.7 Å². The zero-order chi connectivity index (χ0) is 27.5. The van der Waals surface area contributed by atoms with Gasteiger partial charge in [-0.25, -0.2) is 4.39 Å². The van der Waals surface area contributed by atoms with E-state index < -0.39 is 6.04 Å². The van der Waals surface area contributed by atoms with Gasteiger partial charge in [-0.15, -0.1) is 0 Å². The van der Waals surface area contributed by atoms with Gasteiger partial charge in [0.15, 0.2) is 6.61 Å². The van der Waals surface area contributed by atoms with E-state index in [1.165, 1.54) is 17.0 Å². The average Bonchev–Trinajstić information content (AvgIpc) is 2.98. The molecule has 2 amide bonds. The summed E-state index contributed by atoms with van der Waals surface area (Å²) in [5, 5.41) is 2.98. The molecule has 6 nitrogen and oxygen atoms in total. The number of amides is 2. The van der Waals surface area contributed by atoms with Crippen molar-refractivity contribution in [2.24, 2.45) is 0 Å². The monoisotopic (exact) mass is 526 g/mol. The molecule has 0 saturated carbocycles. The van der Waals surface area contributed by atoms with Gasteiger partial charge in [0.05, 0.1) is 7.11 Å². The van der Waals surface area contributed by atoms with E-state index in [2.05, 4.69) is 5.32 Å². The van der Waals surface area contributed by atoms with E-state index in [-0.39, 0.29) is 43.7 Å². The van der Waals surface area contributed by atoms with E-state index in [0.29, 0.717) is 17.1 Å². The third kappa shape index (κ3) is 7.92. The van der Waals surface area contributed by atoms with Crippen molar-refractivity contribution >= 4 is 11.8 Å². The van der Waals surface area contributed by atoms with E-state index in [9.17, 15) is 14.0 Å². The number of nitrogens with one attached hydrogen (secondary N) is 1. The Morgan fingerprint density at radius 1 is 0.821 bits per heavy atom. The molecule has 0 spiro atoms. The summed E-state index contributed by atoms with van der Waals surface area (Å²) < 4.78 is 24.8. The zero-order valence-electron chi connectivity index (χ0n) is 21.8. The van der Waals surface area contributed by atoms with Crippen LogP contribution in [0.25, 0.3) is 0 Å². The molecule has 4 aromatic rings. The first-order valence-corrected chi connectivity index (χ1v) is 12.7. The first-order valence-electron chi connectivity index (χ1n) is 12.7. The Morgan fingerprint density at radius 3 is 2.15 bits per heavy atom. The fourth-order valence-corrected chi connectivity index (χ4v) is 4.23. The number of halogens is 1. The number of nitrogens with zero attached hydrogens (tertiary/aromatic N) is 1. The molecule has 0 fully saturated rings. The summed E-state index contributed by atoms with van der Waals surface area (Å²) >= 11 is 0. The van der Waals surface area contributed by atoms with Crippen LogP contribution >= 0.6 is 0 Å². The van der Waals surface area contributed by atoms with Crippen LogP contribution in [0.4, 0.5) is 4.39 Å². The molecule has 0 unspecified atom stereocenters. The molecule has 4 rings (SSSR count). The number of rotatable bonds is 12. The zero-order valence-corrected chi connectivity index (χ0v) is 21.8. The Labute approximate surface area is 228 Å². The summed E-state index contributed by atoms with van der Waals surface area (Å²) in [5.74, 6) is 0.150. The topological polar surface area (TPSA) is 67.9 Å². The van der Waals surface area contributed by atoms with Gasteiger partial charge in [0, 0.05) is 25.1 Å². The van der Waals surface area contributed by atoms with Crippen LogP contribution in [-0.2, 0) is 29.1 Å². The van der Waals surface area contributed by atoms with E-state index in [1.807, 2.05) is 72.8 Å². The molecule has 0 heterocycles. The van der Waals surface area contributed by atoms with Crippen molar-refractivity contribution in [1.82, 2.24) is 10.2 Å². The molecule has 1 atom stereocenters. The molecule has 1 N–H and O–H groups in total. The largest absolute Gasteiger partial charge is 0.496 e. The predicted molar refractivity (Wildman–Crippen MR) is 148 cm³/mol. The number of hydrogen-bond donors (Lipinski definition) is 1. The van der Waals surface area contributed by atoms with Gasteiger partial charge in [0.25, 0.3) is 5.91 Å². The van der Waals surface area contributed by atoms with Gasteiger partial charge in [0.1, 0.15) is 23.4 Å². The van der Waals surface area contributed by atoms with Gasteiger partial charge in [-0.2, -0.15) is 0 Å². The number of methoxy groups -OCH3 is 1. The Bertz CT molecular complexity index is 1350. The fourth-order valence-electron chi connectivity index (χ4n) is 4.23. The number of para-hydroxylation sites is 2. The summed E-state index contributed by atoms with van der Waals surface area (Å²) in [7, 11) is 1.58. The fraction of sp³-hybridized carbons (Fsp3) is 0.188. The van der Waals surface area contributed by atoms with Gasteiger partial charge in [-0.05, 0) is 41.5 Å². The maximum Gasteiger partial charge on any atom is 0.261 e. The van der Waals surface area contributed by atoms with Gasteiger partial charge in [-0.1, -0.05) is 78.9 Å². The van der Waals surface area contributed by atoms with Crippen LogP contribution < -0.4 is 14.8 Å². The Morgan fingerprint density at radius 2 is 1.46 bits per heavy atom. The Balaban J connectivity index is 1.61. The van der Waals surface area contributed by atoms with E-state index in [1.54, 1.807) is 31.4 Å². The van der Waals surface area contributed by atoms with Crippen LogP contribution in [0.2, 0.25) is 0 Å². The van der Waals surface area contributed by atoms with Gasteiger partial charge in [0.2, 0.25) is 5.91 Å². The van der Waals surface area contributed by atoms with E-state index >= 15 is 0 Å². The highest BCUT2D eigenvalue weighted by molar-refractivity contribution is 5.88. The Kier molecular flexibility index (Phi) is 9.67. The molecule has 0 aliphatic carbocycles. The van der Waals surface area contributed by atoms with Gasteiger partial charge >= 0.3 is 0 Å². The maximum atomic E-state index is 13.7. The minimum absolute atomic E-state index is 0.108. The van der Waals surface area contributed by atoms with E-state index in [0.717, 1.165) is 11.1 Å². The molecule has 0 saturated heterocycles. The molecular weight excluding hydrogens is 495 g/mol. The minimum atomic E-state index is -0.848. The summed E-state index contributed by atoms with van der Waals surface area (Å²) in [5.41, 5.74) is 2.41. The van der Waals surface area contributed by atoms with Crippen LogP contribution in [0.15, 0.2) is 109 Å². The number of benzene rings is 4. The second kappa shape index (κ2) is 13.8. The summed E-state index contributed by atoms with van der Waals surface area (Å²) in [4.78, 5) is 28.9. The molecule has 200 valence electrons. The summed E-state index contributed by atoms with van der Waals surface area (Å²) in [6.07, 6.45) is 0.289. The van der Waals surface area contributed by atoms with Crippen LogP contribution in [0.5, 0.6) is 11.5 Å². The number of carbonyl (C=O) groups is 2.